The summed E-state index contributed by atoms with van der Waals surface area (Å²) in [6, 6.07) is 13.9. The average molecular weight is 388 g/mol. The van der Waals surface area contributed by atoms with Crippen LogP contribution in [-0.4, -0.2) is 7.05 Å². The van der Waals surface area contributed by atoms with E-state index < -0.39 is 0 Å². The summed E-state index contributed by atoms with van der Waals surface area (Å²) in [5, 5.41) is 3.89. The Kier molecular flexibility index (Phi) is 5.07. The summed E-state index contributed by atoms with van der Waals surface area (Å²) in [6.45, 7) is 2.07. The minimum Gasteiger partial charge on any atom is -0.456 e. The molecule has 0 aliphatic rings. The number of hydrogen-bond donors (Lipinski definition) is 1. The van der Waals surface area contributed by atoms with Crippen molar-refractivity contribution in [3.63, 3.8) is 0 Å². The molecule has 0 bridgehead atoms. The zero-order valence-corrected chi connectivity index (χ0v) is 13.7. The molecule has 2 nitrogen and oxygen atoms in total. The van der Waals surface area contributed by atoms with E-state index >= 15 is 0 Å². The molecule has 100 valence electrons. The molecule has 1 unspecified atom stereocenters. The SMILES string of the molecule is CNC(C)c1ccc(Oc2ccccc2I)cc1Cl. The van der Waals surface area contributed by atoms with Gasteiger partial charge in [0.05, 0.1) is 3.57 Å². The number of para-hydroxylation sites is 1. The largest absolute Gasteiger partial charge is 0.456 e. The average Bonchev–Trinajstić information content (AvgIpc) is 2.41. The maximum Gasteiger partial charge on any atom is 0.140 e. The molecule has 2 aromatic carbocycles. The second-order valence-corrected chi connectivity index (χ2v) is 5.80. The maximum absolute atomic E-state index is 6.29. The van der Waals surface area contributed by atoms with Gasteiger partial charge < -0.3 is 10.1 Å². The minimum atomic E-state index is 0.221. The van der Waals surface area contributed by atoms with Gasteiger partial charge in [-0.3, -0.25) is 0 Å². The second-order valence-electron chi connectivity index (χ2n) is 4.23. The van der Waals surface area contributed by atoms with Crippen LogP contribution >= 0.6 is 34.2 Å². The first-order valence-corrected chi connectivity index (χ1v) is 7.46. The lowest BCUT2D eigenvalue weighted by atomic mass is 10.1. The van der Waals surface area contributed by atoms with Crippen molar-refractivity contribution >= 4 is 34.2 Å². The van der Waals surface area contributed by atoms with Crippen LogP contribution in [0.4, 0.5) is 0 Å². The van der Waals surface area contributed by atoms with E-state index in [2.05, 4.69) is 34.8 Å². The molecule has 0 aliphatic carbocycles. The van der Waals surface area contributed by atoms with Gasteiger partial charge in [-0.15, -0.1) is 0 Å². The molecule has 0 spiro atoms. The fraction of sp³-hybridized carbons (Fsp3) is 0.200. The van der Waals surface area contributed by atoms with Crippen LogP contribution in [-0.2, 0) is 0 Å². The first kappa shape index (κ1) is 14.6. The third kappa shape index (κ3) is 3.61. The van der Waals surface area contributed by atoms with E-state index in [-0.39, 0.29) is 6.04 Å². The molecular formula is C15H15ClINO. The topological polar surface area (TPSA) is 21.3 Å². The molecule has 0 heterocycles. The van der Waals surface area contributed by atoms with Gasteiger partial charge in [-0.25, -0.2) is 0 Å². The molecule has 1 N–H and O–H groups in total. The Morgan fingerprint density at radius 3 is 2.58 bits per heavy atom. The van der Waals surface area contributed by atoms with Crippen LogP contribution in [0.2, 0.25) is 5.02 Å². The van der Waals surface area contributed by atoms with E-state index in [1.807, 2.05) is 49.5 Å². The highest BCUT2D eigenvalue weighted by molar-refractivity contribution is 14.1. The smallest absolute Gasteiger partial charge is 0.140 e. The molecule has 0 saturated carbocycles. The van der Waals surface area contributed by atoms with Crippen molar-refractivity contribution in [3.05, 3.63) is 56.6 Å². The number of benzene rings is 2. The van der Waals surface area contributed by atoms with Gasteiger partial charge in [-0.05, 0) is 66.4 Å². The van der Waals surface area contributed by atoms with Crippen molar-refractivity contribution in [3.8, 4) is 11.5 Å². The number of nitrogens with one attached hydrogen (secondary N) is 1. The third-order valence-electron chi connectivity index (χ3n) is 2.94. The van der Waals surface area contributed by atoms with Gasteiger partial charge in [0.2, 0.25) is 0 Å². The molecule has 2 aromatic rings. The summed E-state index contributed by atoms with van der Waals surface area (Å²) in [4.78, 5) is 0. The second kappa shape index (κ2) is 6.59. The van der Waals surface area contributed by atoms with Crippen LogP contribution in [0, 0.1) is 3.57 Å². The Balaban J connectivity index is 2.24. The number of hydrogen-bond acceptors (Lipinski definition) is 2. The van der Waals surface area contributed by atoms with Crippen molar-refractivity contribution in [2.45, 2.75) is 13.0 Å². The van der Waals surface area contributed by atoms with Crippen LogP contribution in [0.1, 0.15) is 18.5 Å². The summed E-state index contributed by atoms with van der Waals surface area (Å²) in [5.41, 5.74) is 1.07. The molecular weight excluding hydrogens is 373 g/mol. The Bertz CT molecular complexity index is 574. The minimum absolute atomic E-state index is 0.221. The fourth-order valence-electron chi connectivity index (χ4n) is 1.73. The molecule has 19 heavy (non-hydrogen) atoms. The van der Waals surface area contributed by atoms with E-state index in [4.69, 9.17) is 16.3 Å². The first-order valence-electron chi connectivity index (χ1n) is 6.01. The Morgan fingerprint density at radius 2 is 1.95 bits per heavy atom. The summed E-state index contributed by atoms with van der Waals surface area (Å²) in [7, 11) is 1.91. The monoisotopic (exact) mass is 387 g/mol. The summed E-state index contributed by atoms with van der Waals surface area (Å²) >= 11 is 8.54. The summed E-state index contributed by atoms with van der Waals surface area (Å²) in [6.07, 6.45) is 0. The zero-order chi connectivity index (χ0) is 13.8. The van der Waals surface area contributed by atoms with Crippen molar-refractivity contribution < 1.29 is 4.74 Å². The Morgan fingerprint density at radius 1 is 1.21 bits per heavy atom. The highest BCUT2D eigenvalue weighted by Gasteiger charge is 2.09. The van der Waals surface area contributed by atoms with Crippen molar-refractivity contribution in [2.75, 3.05) is 7.05 Å². The van der Waals surface area contributed by atoms with Crippen LogP contribution in [0.3, 0.4) is 0 Å². The summed E-state index contributed by atoms with van der Waals surface area (Å²) in [5.74, 6) is 1.59. The van der Waals surface area contributed by atoms with E-state index in [0.717, 1.165) is 20.6 Å². The molecule has 0 fully saturated rings. The van der Waals surface area contributed by atoms with Gasteiger partial charge in [-0.2, -0.15) is 0 Å². The number of halogens is 2. The van der Waals surface area contributed by atoms with E-state index in [9.17, 15) is 0 Å². The first-order chi connectivity index (χ1) is 9.11. The van der Waals surface area contributed by atoms with Crippen LogP contribution in [0.25, 0.3) is 0 Å². The van der Waals surface area contributed by atoms with Crippen LogP contribution < -0.4 is 10.1 Å². The zero-order valence-electron chi connectivity index (χ0n) is 10.8. The van der Waals surface area contributed by atoms with Crippen molar-refractivity contribution in [1.82, 2.24) is 5.32 Å². The van der Waals surface area contributed by atoms with Crippen LogP contribution in [0.5, 0.6) is 11.5 Å². The molecule has 4 heteroatoms. The molecule has 0 aliphatic heterocycles. The van der Waals surface area contributed by atoms with E-state index in [1.165, 1.54) is 0 Å². The molecule has 2 rings (SSSR count). The van der Waals surface area contributed by atoms with Crippen molar-refractivity contribution in [1.29, 1.82) is 0 Å². The van der Waals surface area contributed by atoms with E-state index in [1.54, 1.807) is 0 Å². The highest BCUT2D eigenvalue weighted by atomic mass is 127. The molecule has 0 aromatic heterocycles. The molecule has 0 amide bonds. The maximum atomic E-state index is 6.29. The van der Waals surface area contributed by atoms with Gasteiger partial charge in [0.25, 0.3) is 0 Å². The quantitative estimate of drug-likeness (QED) is 0.744. The Labute approximate surface area is 132 Å². The third-order valence-corrected chi connectivity index (χ3v) is 4.15. The van der Waals surface area contributed by atoms with Crippen LogP contribution in [0.15, 0.2) is 42.5 Å². The van der Waals surface area contributed by atoms with Gasteiger partial charge in [-0.1, -0.05) is 29.8 Å². The van der Waals surface area contributed by atoms with Gasteiger partial charge in [0.15, 0.2) is 0 Å². The molecule has 0 saturated heterocycles. The van der Waals surface area contributed by atoms with Gasteiger partial charge in [0.1, 0.15) is 11.5 Å². The Hall–Kier alpha value is -0.780. The molecule has 0 radical (unpaired) electrons. The lowest BCUT2D eigenvalue weighted by molar-refractivity contribution is 0.478. The van der Waals surface area contributed by atoms with Gasteiger partial charge in [0, 0.05) is 11.1 Å². The fourth-order valence-corrected chi connectivity index (χ4v) is 2.56. The summed E-state index contributed by atoms with van der Waals surface area (Å²) < 4.78 is 6.92. The predicted octanol–water partition coefficient (Wildman–Crippen LogP) is 5.02. The van der Waals surface area contributed by atoms with Gasteiger partial charge >= 0.3 is 0 Å². The number of ether oxygens (including phenoxy) is 1. The lowest BCUT2D eigenvalue weighted by Crippen LogP contribution is -2.12. The normalized spacial score (nSPS) is 12.2. The molecule has 1 atom stereocenters. The van der Waals surface area contributed by atoms with Crippen molar-refractivity contribution in [2.24, 2.45) is 0 Å². The number of rotatable bonds is 4. The lowest BCUT2D eigenvalue weighted by Gasteiger charge is -2.14. The standard InChI is InChI=1S/C15H15ClINO/c1-10(18-2)12-8-7-11(9-13(12)16)19-15-6-4-3-5-14(15)17/h3-10,18H,1-2H3. The highest BCUT2D eigenvalue weighted by Crippen LogP contribution is 2.31. The predicted molar refractivity (Wildman–Crippen MR) is 88.2 cm³/mol. The van der Waals surface area contributed by atoms with E-state index in [0.29, 0.717) is 5.02 Å².